The SMILES string of the molecule is CC#N.Cc1cc(Nc2nn(C3CCCOC3)c(/C=C\NC=O)c2C)ccc1C(=O)N1CCOCC1. The largest absolute Gasteiger partial charge is 0.379 e. The molecule has 36 heavy (non-hydrogen) atoms. The summed E-state index contributed by atoms with van der Waals surface area (Å²) in [5, 5.41) is 18.1. The van der Waals surface area contributed by atoms with Crippen LogP contribution in [0.2, 0.25) is 0 Å². The predicted octanol–water partition coefficient (Wildman–Crippen LogP) is 3.31. The van der Waals surface area contributed by atoms with E-state index in [0.29, 0.717) is 44.9 Å². The van der Waals surface area contributed by atoms with E-state index in [2.05, 4.69) is 10.6 Å². The lowest BCUT2D eigenvalue weighted by molar-refractivity contribution is -0.108. The Morgan fingerprint density at radius 1 is 1.22 bits per heavy atom. The summed E-state index contributed by atoms with van der Waals surface area (Å²) in [6, 6.07) is 7.64. The number of carbonyl (C=O) groups is 2. The van der Waals surface area contributed by atoms with Crippen LogP contribution in [0.5, 0.6) is 0 Å². The molecule has 192 valence electrons. The number of aromatic nitrogens is 2. The number of nitrogens with one attached hydrogen (secondary N) is 2. The number of nitrogens with zero attached hydrogens (tertiary/aromatic N) is 4. The molecule has 1 atom stereocenters. The molecule has 2 aliphatic heterocycles. The summed E-state index contributed by atoms with van der Waals surface area (Å²) in [6.07, 6.45) is 6.07. The van der Waals surface area contributed by atoms with Crippen LogP contribution in [0.1, 0.15) is 53.0 Å². The maximum Gasteiger partial charge on any atom is 0.254 e. The van der Waals surface area contributed by atoms with Gasteiger partial charge >= 0.3 is 0 Å². The van der Waals surface area contributed by atoms with Gasteiger partial charge in [0.1, 0.15) is 0 Å². The van der Waals surface area contributed by atoms with Crippen molar-refractivity contribution in [2.24, 2.45) is 0 Å². The van der Waals surface area contributed by atoms with E-state index in [1.807, 2.05) is 47.7 Å². The normalized spacial score (nSPS) is 17.6. The van der Waals surface area contributed by atoms with Crippen molar-refractivity contribution in [2.45, 2.75) is 39.7 Å². The van der Waals surface area contributed by atoms with Crippen molar-refractivity contribution < 1.29 is 19.1 Å². The van der Waals surface area contributed by atoms with Gasteiger partial charge in [-0.1, -0.05) is 0 Å². The van der Waals surface area contributed by atoms with Gasteiger partial charge in [-0.3, -0.25) is 14.3 Å². The summed E-state index contributed by atoms with van der Waals surface area (Å²) in [7, 11) is 0. The van der Waals surface area contributed by atoms with Crippen LogP contribution in [0.4, 0.5) is 11.5 Å². The number of benzene rings is 1. The Balaban J connectivity index is 0.00000115. The highest BCUT2D eigenvalue weighted by Gasteiger charge is 2.23. The van der Waals surface area contributed by atoms with Crippen molar-refractivity contribution in [3.8, 4) is 6.07 Å². The van der Waals surface area contributed by atoms with Crippen LogP contribution in [0, 0.1) is 25.2 Å². The third-order valence-electron chi connectivity index (χ3n) is 6.10. The second-order valence-corrected chi connectivity index (χ2v) is 8.58. The van der Waals surface area contributed by atoms with Gasteiger partial charge in [-0.15, -0.1) is 0 Å². The molecule has 1 aromatic carbocycles. The zero-order valence-corrected chi connectivity index (χ0v) is 21.1. The Kier molecular flexibility index (Phi) is 10.0. The van der Waals surface area contributed by atoms with E-state index in [4.69, 9.17) is 19.8 Å². The van der Waals surface area contributed by atoms with Gasteiger partial charge in [0, 0.05) is 49.6 Å². The van der Waals surface area contributed by atoms with Crippen LogP contribution in [-0.4, -0.2) is 66.5 Å². The van der Waals surface area contributed by atoms with E-state index in [1.165, 1.54) is 6.92 Å². The van der Waals surface area contributed by atoms with Crippen molar-refractivity contribution >= 4 is 29.9 Å². The zero-order valence-electron chi connectivity index (χ0n) is 21.1. The first-order chi connectivity index (χ1) is 17.5. The zero-order chi connectivity index (χ0) is 25.9. The van der Waals surface area contributed by atoms with Crippen molar-refractivity contribution in [3.63, 3.8) is 0 Å². The van der Waals surface area contributed by atoms with Gasteiger partial charge in [-0.2, -0.15) is 10.4 Å². The molecular formula is C26H34N6O4. The Hall–Kier alpha value is -3.68. The molecule has 2 fully saturated rings. The summed E-state index contributed by atoms with van der Waals surface area (Å²) in [4.78, 5) is 25.4. The Labute approximate surface area is 211 Å². The number of aryl methyl sites for hydroxylation is 1. The van der Waals surface area contributed by atoms with Crippen molar-refractivity contribution in [2.75, 3.05) is 44.8 Å². The summed E-state index contributed by atoms with van der Waals surface area (Å²) < 4.78 is 13.0. The third kappa shape index (κ3) is 6.71. The molecule has 0 spiro atoms. The number of anilines is 2. The fourth-order valence-corrected chi connectivity index (χ4v) is 4.27. The summed E-state index contributed by atoms with van der Waals surface area (Å²) in [6.45, 7) is 9.16. The first-order valence-electron chi connectivity index (χ1n) is 12.1. The number of hydrogen-bond acceptors (Lipinski definition) is 7. The van der Waals surface area contributed by atoms with E-state index in [9.17, 15) is 9.59 Å². The van der Waals surface area contributed by atoms with E-state index in [-0.39, 0.29) is 11.9 Å². The quantitative estimate of drug-likeness (QED) is 0.566. The average Bonchev–Trinajstić information content (AvgIpc) is 3.20. The number of carbonyl (C=O) groups excluding carboxylic acids is 2. The molecule has 0 bridgehead atoms. The molecule has 10 nitrogen and oxygen atoms in total. The fourth-order valence-electron chi connectivity index (χ4n) is 4.27. The maximum atomic E-state index is 12.9. The summed E-state index contributed by atoms with van der Waals surface area (Å²) >= 11 is 0. The lowest BCUT2D eigenvalue weighted by atomic mass is 10.1. The monoisotopic (exact) mass is 494 g/mol. The summed E-state index contributed by atoms with van der Waals surface area (Å²) in [5.41, 5.74) is 4.35. The molecule has 4 rings (SSSR count). The molecule has 10 heteroatoms. The molecular weight excluding hydrogens is 460 g/mol. The molecule has 1 unspecified atom stereocenters. The van der Waals surface area contributed by atoms with Crippen LogP contribution in [0.3, 0.4) is 0 Å². The minimum atomic E-state index is 0.0372. The molecule has 2 aliphatic rings. The van der Waals surface area contributed by atoms with Crippen LogP contribution in [0.25, 0.3) is 6.08 Å². The van der Waals surface area contributed by atoms with Crippen LogP contribution >= 0.6 is 0 Å². The average molecular weight is 495 g/mol. The van der Waals surface area contributed by atoms with Gasteiger partial charge in [0.2, 0.25) is 6.41 Å². The topological polar surface area (TPSA) is 122 Å². The molecule has 3 heterocycles. The number of amides is 2. The van der Waals surface area contributed by atoms with Gasteiger partial charge in [0.25, 0.3) is 5.91 Å². The van der Waals surface area contributed by atoms with Gasteiger partial charge in [0.05, 0.1) is 37.6 Å². The van der Waals surface area contributed by atoms with Crippen LogP contribution in [-0.2, 0) is 14.3 Å². The molecule has 2 saturated heterocycles. The van der Waals surface area contributed by atoms with Gasteiger partial charge < -0.3 is 25.0 Å². The smallest absolute Gasteiger partial charge is 0.254 e. The molecule has 1 aromatic heterocycles. The predicted molar refractivity (Wildman–Crippen MR) is 137 cm³/mol. The molecule has 2 amide bonds. The fraction of sp³-hybridized carbons (Fsp3) is 0.462. The standard InChI is InChI=1S/C24H31N5O4.C2H3N/c1-17-14-19(5-6-21(17)24(31)28-9-12-32-13-10-28)26-23-18(2)22(7-8-25-16-30)29(27-23)20-4-3-11-33-15-20;1-2-3/h5-8,14,16,20H,3-4,9-13,15H2,1-2H3,(H,25,30)(H,26,27);1H3/b8-7-;. The maximum absolute atomic E-state index is 12.9. The molecule has 0 aliphatic carbocycles. The molecule has 2 aromatic rings. The highest BCUT2D eigenvalue weighted by Crippen LogP contribution is 2.29. The Morgan fingerprint density at radius 3 is 2.61 bits per heavy atom. The van der Waals surface area contributed by atoms with Crippen molar-refractivity contribution in [1.82, 2.24) is 20.0 Å². The van der Waals surface area contributed by atoms with Crippen LogP contribution in [0.15, 0.2) is 24.4 Å². The number of nitriles is 1. The minimum absolute atomic E-state index is 0.0372. The third-order valence-corrected chi connectivity index (χ3v) is 6.10. The second-order valence-electron chi connectivity index (χ2n) is 8.58. The van der Waals surface area contributed by atoms with E-state index in [0.717, 1.165) is 47.8 Å². The lowest BCUT2D eigenvalue weighted by Crippen LogP contribution is -2.40. The van der Waals surface area contributed by atoms with E-state index < -0.39 is 0 Å². The van der Waals surface area contributed by atoms with Gasteiger partial charge in [-0.05, 0) is 56.5 Å². The lowest BCUT2D eigenvalue weighted by Gasteiger charge is -2.27. The first-order valence-corrected chi connectivity index (χ1v) is 12.1. The Bertz CT molecular complexity index is 1110. The number of morpholine rings is 1. The molecule has 2 N–H and O–H groups in total. The van der Waals surface area contributed by atoms with Crippen molar-refractivity contribution in [1.29, 1.82) is 5.26 Å². The molecule has 0 radical (unpaired) electrons. The van der Waals surface area contributed by atoms with Crippen LogP contribution < -0.4 is 10.6 Å². The summed E-state index contributed by atoms with van der Waals surface area (Å²) in [5.74, 6) is 0.771. The van der Waals surface area contributed by atoms with Gasteiger partial charge in [-0.25, -0.2) is 0 Å². The highest BCUT2D eigenvalue weighted by atomic mass is 16.5. The first kappa shape index (κ1) is 26.9. The van der Waals surface area contributed by atoms with E-state index in [1.54, 1.807) is 12.3 Å². The van der Waals surface area contributed by atoms with E-state index >= 15 is 0 Å². The van der Waals surface area contributed by atoms with Gasteiger partial charge in [0.15, 0.2) is 5.82 Å². The number of ether oxygens (including phenoxy) is 2. The minimum Gasteiger partial charge on any atom is -0.379 e. The number of rotatable bonds is 7. The number of hydrogen-bond donors (Lipinski definition) is 2. The van der Waals surface area contributed by atoms with Crippen molar-refractivity contribution in [3.05, 3.63) is 46.8 Å². The Morgan fingerprint density at radius 2 is 1.97 bits per heavy atom. The second kappa shape index (κ2) is 13.4. The highest BCUT2D eigenvalue weighted by molar-refractivity contribution is 5.96. The molecule has 0 saturated carbocycles.